The number of hydrogen-bond acceptors (Lipinski definition) is 2. The Bertz CT molecular complexity index is 425. The predicted molar refractivity (Wildman–Crippen MR) is 76.4 cm³/mol. The van der Waals surface area contributed by atoms with Crippen LogP contribution in [0.5, 0.6) is 5.75 Å². The van der Waals surface area contributed by atoms with Gasteiger partial charge in [0.25, 0.3) is 0 Å². The zero-order valence-electron chi connectivity index (χ0n) is 11.6. The first-order chi connectivity index (χ1) is 8.41. The summed E-state index contributed by atoms with van der Waals surface area (Å²) in [5.41, 5.74) is 1.33. The Balaban J connectivity index is 2.34. The summed E-state index contributed by atoms with van der Waals surface area (Å²) in [4.78, 5) is 0. The van der Waals surface area contributed by atoms with E-state index in [2.05, 4.69) is 33.0 Å². The second-order valence-corrected chi connectivity index (χ2v) is 6.44. The minimum Gasteiger partial charge on any atom is -0.489 e. The monoisotopic (exact) mass is 267 g/mol. The Labute approximate surface area is 115 Å². The van der Waals surface area contributed by atoms with Crippen LogP contribution in [0.1, 0.15) is 45.7 Å². The molecule has 1 aliphatic heterocycles. The van der Waals surface area contributed by atoms with Crippen molar-refractivity contribution in [2.45, 2.75) is 46.3 Å². The molecule has 0 fully saturated rings. The zero-order chi connectivity index (χ0) is 13.3. The highest BCUT2D eigenvalue weighted by Crippen LogP contribution is 2.41. The van der Waals surface area contributed by atoms with Crippen LogP contribution in [0.15, 0.2) is 18.2 Å². The van der Waals surface area contributed by atoms with E-state index in [1.165, 1.54) is 5.56 Å². The standard InChI is InChI=1S/C15H22ClNO/c1-5-17-12-9-14(15(2,3)4)18-13-7-6-10(16)8-11(12)13/h6-8,12,14,17H,5,9H2,1-4H3. The SMILES string of the molecule is CCNC1CC(C(C)(C)C)Oc2ccc(Cl)cc21. The number of rotatable bonds is 2. The van der Waals surface area contributed by atoms with Crippen LogP contribution < -0.4 is 10.1 Å². The summed E-state index contributed by atoms with van der Waals surface area (Å²) in [6.07, 6.45) is 1.22. The van der Waals surface area contributed by atoms with Gasteiger partial charge in [0.15, 0.2) is 0 Å². The maximum Gasteiger partial charge on any atom is 0.124 e. The molecule has 0 bridgehead atoms. The van der Waals surface area contributed by atoms with Crippen LogP contribution in [0.25, 0.3) is 0 Å². The molecule has 18 heavy (non-hydrogen) atoms. The summed E-state index contributed by atoms with van der Waals surface area (Å²) in [6, 6.07) is 6.24. The normalized spacial score (nSPS) is 23.4. The summed E-state index contributed by atoms with van der Waals surface area (Å²) >= 11 is 6.09. The molecule has 2 unspecified atom stereocenters. The molecule has 2 rings (SSSR count). The molecule has 2 atom stereocenters. The fraction of sp³-hybridized carbons (Fsp3) is 0.600. The van der Waals surface area contributed by atoms with Crippen LogP contribution in [-0.4, -0.2) is 12.6 Å². The summed E-state index contributed by atoms with van der Waals surface area (Å²) in [7, 11) is 0. The fourth-order valence-electron chi connectivity index (χ4n) is 2.41. The molecule has 1 aromatic carbocycles. The third kappa shape index (κ3) is 2.81. The summed E-state index contributed by atoms with van der Waals surface area (Å²) in [5.74, 6) is 0.969. The molecule has 100 valence electrons. The molecule has 1 aliphatic rings. The van der Waals surface area contributed by atoms with Crippen LogP contribution in [0.3, 0.4) is 0 Å². The highest BCUT2D eigenvalue weighted by atomic mass is 35.5. The van der Waals surface area contributed by atoms with Gasteiger partial charge in [-0.1, -0.05) is 39.3 Å². The van der Waals surface area contributed by atoms with Crippen LogP contribution in [0, 0.1) is 5.41 Å². The Morgan fingerprint density at radius 3 is 2.72 bits per heavy atom. The lowest BCUT2D eigenvalue weighted by atomic mass is 9.82. The van der Waals surface area contributed by atoms with E-state index in [9.17, 15) is 0 Å². The molecule has 1 heterocycles. The summed E-state index contributed by atoms with van der Waals surface area (Å²) < 4.78 is 6.13. The van der Waals surface area contributed by atoms with Crippen molar-refractivity contribution in [2.24, 2.45) is 5.41 Å². The van der Waals surface area contributed by atoms with E-state index in [4.69, 9.17) is 16.3 Å². The van der Waals surface area contributed by atoms with Crippen molar-refractivity contribution in [2.75, 3.05) is 6.54 Å². The van der Waals surface area contributed by atoms with Crippen LogP contribution in [-0.2, 0) is 0 Å². The molecule has 0 spiro atoms. The minimum absolute atomic E-state index is 0.144. The van der Waals surface area contributed by atoms with Gasteiger partial charge in [0.2, 0.25) is 0 Å². The zero-order valence-corrected chi connectivity index (χ0v) is 12.3. The summed E-state index contributed by atoms with van der Waals surface area (Å²) in [6.45, 7) is 9.75. The second-order valence-electron chi connectivity index (χ2n) is 6.00. The van der Waals surface area contributed by atoms with Gasteiger partial charge in [0.05, 0.1) is 0 Å². The van der Waals surface area contributed by atoms with Gasteiger partial charge in [-0.2, -0.15) is 0 Å². The smallest absolute Gasteiger partial charge is 0.124 e. The predicted octanol–water partition coefficient (Wildman–Crippen LogP) is 4.19. The number of halogens is 1. The van der Waals surface area contributed by atoms with E-state index < -0.39 is 0 Å². The number of benzene rings is 1. The highest BCUT2D eigenvalue weighted by molar-refractivity contribution is 6.30. The van der Waals surface area contributed by atoms with Crippen LogP contribution in [0.2, 0.25) is 5.02 Å². The lowest BCUT2D eigenvalue weighted by molar-refractivity contribution is 0.0531. The molecule has 0 amide bonds. The van der Waals surface area contributed by atoms with Crippen molar-refractivity contribution >= 4 is 11.6 Å². The first kappa shape index (κ1) is 13.7. The Morgan fingerprint density at radius 1 is 1.39 bits per heavy atom. The Morgan fingerprint density at radius 2 is 2.11 bits per heavy atom. The Hall–Kier alpha value is -0.730. The maximum atomic E-state index is 6.13. The lowest BCUT2D eigenvalue weighted by Crippen LogP contribution is -2.40. The quantitative estimate of drug-likeness (QED) is 0.868. The minimum atomic E-state index is 0.144. The molecular weight excluding hydrogens is 246 g/mol. The largest absolute Gasteiger partial charge is 0.489 e. The fourth-order valence-corrected chi connectivity index (χ4v) is 2.59. The molecule has 2 nitrogen and oxygen atoms in total. The highest BCUT2D eigenvalue weighted by Gasteiger charge is 2.35. The summed E-state index contributed by atoms with van der Waals surface area (Å²) in [5, 5.41) is 4.30. The van der Waals surface area contributed by atoms with E-state index >= 15 is 0 Å². The molecule has 0 saturated carbocycles. The number of hydrogen-bond donors (Lipinski definition) is 1. The third-order valence-corrected chi connectivity index (χ3v) is 3.72. The van der Waals surface area contributed by atoms with Gasteiger partial charge in [-0.05, 0) is 30.2 Å². The van der Waals surface area contributed by atoms with E-state index in [1.807, 2.05) is 18.2 Å². The van der Waals surface area contributed by atoms with Crippen molar-refractivity contribution in [1.82, 2.24) is 5.32 Å². The van der Waals surface area contributed by atoms with Crippen LogP contribution >= 0.6 is 11.6 Å². The van der Waals surface area contributed by atoms with E-state index in [0.29, 0.717) is 6.04 Å². The van der Waals surface area contributed by atoms with Gasteiger partial charge in [-0.25, -0.2) is 0 Å². The molecule has 0 aliphatic carbocycles. The van der Waals surface area contributed by atoms with Crippen molar-refractivity contribution in [3.63, 3.8) is 0 Å². The van der Waals surface area contributed by atoms with Gasteiger partial charge < -0.3 is 10.1 Å². The van der Waals surface area contributed by atoms with Crippen LogP contribution in [0.4, 0.5) is 0 Å². The van der Waals surface area contributed by atoms with Gasteiger partial charge >= 0.3 is 0 Å². The molecular formula is C15H22ClNO. The van der Waals surface area contributed by atoms with E-state index in [0.717, 1.165) is 23.7 Å². The van der Waals surface area contributed by atoms with Crippen molar-refractivity contribution in [3.05, 3.63) is 28.8 Å². The Kier molecular flexibility index (Phi) is 3.88. The average molecular weight is 268 g/mol. The molecule has 0 aromatic heterocycles. The van der Waals surface area contributed by atoms with Gasteiger partial charge in [0.1, 0.15) is 11.9 Å². The number of ether oxygens (including phenoxy) is 1. The van der Waals surface area contributed by atoms with E-state index in [1.54, 1.807) is 0 Å². The first-order valence-electron chi connectivity index (χ1n) is 6.61. The molecule has 0 radical (unpaired) electrons. The first-order valence-corrected chi connectivity index (χ1v) is 6.99. The van der Waals surface area contributed by atoms with Crippen molar-refractivity contribution < 1.29 is 4.74 Å². The van der Waals surface area contributed by atoms with E-state index in [-0.39, 0.29) is 11.5 Å². The van der Waals surface area contributed by atoms with Gasteiger partial charge in [-0.15, -0.1) is 0 Å². The lowest BCUT2D eigenvalue weighted by Gasteiger charge is -2.39. The molecule has 3 heteroatoms. The third-order valence-electron chi connectivity index (χ3n) is 3.48. The van der Waals surface area contributed by atoms with Crippen molar-refractivity contribution in [1.29, 1.82) is 0 Å². The van der Waals surface area contributed by atoms with Crippen molar-refractivity contribution in [3.8, 4) is 5.75 Å². The second kappa shape index (κ2) is 5.10. The topological polar surface area (TPSA) is 21.3 Å². The maximum absolute atomic E-state index is 6.13. The average Bonchev–Trinajstić information content (AvgIpc) is 2.28. The number of fused-ring (bicyclic) bond motifs is 1. The number of nitrogens with one attached hydrogen (secondary N) is 1. The molecule has 1 N–H and O–H groups in total. The van der Waals surface area contributed by atoms with Gasteiger partial charge in [0, 0.05) is 23.0 Å². The van der Waals surface area contributed by atoms with Gasteiger partial charge in [-0.3, -0.25) is 0 Å². The molecule has 1 aromatic rings. The molecule has 0 saturated heterocycles.